The van der Waals surface area contributed by atoms with E-state index in [1.807, 2.05) is 0 Å². The van der Waals surface area contributed by atoms with Gasteiger partial charge in [0.15, 0.2) is 0 Å². The summed E-state index contributed by atoms with van der Waals surface area (Å²) < 4.78 is 25.8. The minimum atomic E-state index is -3.66. The number of benzene rings is 1. The highest BCUT2D eigenvalue weighted by Gasteiger charge is 2.31. The lowest BCUT2D eigenvalue weighted by Crippen LogP contribution is -2.32. The Morgan fingerprint density at radius 2 is 2.16 bits per heavy atom. The molecular formula is C11H13ClN2O4S. The maximum Gasteiger partial charge on any atom is 0.337 e. The summed E-state index contributed by atoms with van der Waals surface area (Å²) in [4.78, 5) is 10.8. The standard InChI is InChI=1S/C11H13ClN2O4S/c12-10-5-8(1-2-9(10)11(15)16)19(17,18)14-4-3-7(13)6-14/h1-2,5,7H,3-4,6,13H2,(H,15,16). The number of halogens is 1. The molecule has 0 amide bonds. The number of sulfonamides is 1. The molecule has 1 aliphatic heterocycles. The molecule has 19 heavy (non-hydrogen) atoms. The Morgan fingerprint density at radius 1 is 1.47 bits per heavy atom. The molecule has 8 heteroatoms. The molecule has 0 aromatic heterocycles. The molecule has 1 saturated heterocycles. The van der Waals surface area contributed by atoms with E-state index in [4.69, 9.17) is 22.4 Å². The number of nitrogens with two attached hydrogens (primary N) is 1. The van der Waals surface area contributed by atoms with Crippen LogP contribution in [0.3, 0.4) is 0 Å². The molecule has 1 aromatic carbocycles. The fourth-order valence-electron chi connectivity index (χ4n) is 1.95. The fraction of sp³-hybridized carbons (Fsp3) is 0.364. The van der Waals surface area contributed by atoms with Gasteiger partial charge >= 0.3 is 5.97 Å². The highest BCUT2D eigenvalue weighted by molar-refractivity contribution is 7.89. The van der Waals surface area contributed by atoms with Crippen LogP contribution in [0.1, 0.15) is 16.8 Å². The van der Waals surface area contributed by atoms with Gasteiger partial charge in [-0.2, -0.15) is 4.31 Å². The van der Waals surface area contributed by atoms with E-state index in [0.29, 0.717) is 13.0 Å². The lowest BCUT2D eigenvalue weighted by Gasteiger charge is -2.16. The minimum absolute atomic E-state index is 0.0170. The minimum Gasteiger partial charge on any atom is -0.478 e. The van der Waals surface area contributed by atoms with Crippen LogP contribution >= 0.6 is 11.6 Å². The zero-order chi connectivity index (χ0) is 14.2. The van der Waals surface area contributed by atoms with Crippen molar-refractivity contribution in [1.82, 2.24) is 4.31 Å². The third-order valence-corrected chi connectivity index (χ3v) is 5.17. The van der Waals surface area contributed by atoms with Gasteiger partial charge in [0, 0.05) is 19.1 Å². The largest absolute Gasteiger partial charge is 0.478 e. The van der Waals surface area contributed by atoms with Gasteiger partial charge in [-0.15, -0.1) is 0 Å². The molecular weight excluding hydrogens is 292 g/mol. The summed E-state index contributed by atoms with van der Waals surface area (Å²) in [7, 11) is -3.66. The number of carboxylic acid groups (broad SMARTS) is 1. The summed E-state index contributed by atoms with van der Waals surface area (Å²) in [5.41, 5.74) is 5.56. The van der Waals surface area contributed by atoms with E-state index >= 15 is 0 Å². The van der Waals surface area contributed by atoms with Crippen molar-refractivity contribution in [1.29, 1.82) is 0 Å². The van der Waals surface area contributed by atoms with E-state index in [-0.39, 0.29) is 28.1 Å². The zero-order valence-electron chi connectivity index (χ0n) is 9.91. The van der Waals surface area contributed by atoms with E-state index < -0.39 is 16.0 Å². The second-order valence-corrected chi connectivity index (χ2v) is 6.70. The summed E-state index contributed by atoms with van der Waals surface area (Å²) in [6, 6.07) is 3.43. The zero-order valence-corrected chi connectivity index (χ0v) is 11.5. The molecule has 1 unspecified atom stereocenters. The third-order valence-electron chi connectivity index (χ3n) is 3.00. The van der Waals surface area contributed by atoms with Gasteiger partial charge in [-0.05, 0) is 24.6 Å². The Balaban J connectivity index is 2.36. The van der Waals surface area contributed by atoms with Crippen LogP contribution in [0.2, 0.25) is 5.02 Å². The number of hydrogen-bond donors (Lipinski definition) is 2. The van der Waals surface area contributed by atoms with Crippen LogP contribution in [-0.2, 0) is 10.0 Å². The van der Waals surface area contributed by atoms with Crippen molar-refractivity contribution in [3.8, 4) is 0 Å². The van der Waals surface area contributed by atoms with Gasteiger partial charge in [0.25, 0.3) is 0 Å². The highest BCUT2D eigenvalue weighted by Crippen LogP contribution is 2.25. The molecule has 1 atom stereocenters. The van der Waals surface area contributed by atoms with Crippen LogP contribution in [0.25, 0.3) is 0 Å². The summed E-state index contributed by atoms with van der Waals surface area (Å²) in [6.45, 7) is 0.627. The molecule has 0 radical (unpaired) electrons. The Labute approximate surface area is 115 Å². The quantitative estimate of drug-likeness (QED) is 0.858. The summed E-state index contributed by atoms with van der Waals surface area (Å²) in [6.07, 6.45) is 0.611. The second kappa shape index (κ2) is 5.09. The molecule has 0 bridgehead atoms. The number of nitrogens with zero attached hydrogens (tertiary/aromatic N) is 1. The molecule has 1 fully saturated rings. The van der Waals surface area contributed by atoms with Crippen LogP contribution in [0.5, 0.6) is 0 Å². The Kier molecular flexibility index (Phi) is 3.82. The average molecular weight is 305 g/mol. The number of aromatic carboxylic acids is 1. The topological polar surface area (TPSA) is 101 Å². The smallest absolute Gasteiger partial charge is 0.337 e. The Hall–Kier alpha value is -1.15. The molecule has 3 N–H and O–H groups in total. The first-order valence-corrected chi connectivity index (χ1v) is 7.43. The van der Waals surface area contributed by atoms with Crippen LogP contribution in [-0.4, -0.2) is 42.9 Å². The number of rotatable bonds is 3. The molecule has 1 heterocycles. The predicted octanol–water partition coefficient (Wildman–Crippen LogP) is 0.760. The number of hydrogen-bond acceptors (Lipinski definition) is 4. The van der Waals surface area contributed by atoms with Crippen molar-refractivity contribution in [3.05, 3.63) is 28.8 Å². The number of carbonyl (C=O) groups is 1. The SMILES string of the molecule is NC1CCN(S(=O)(=O)c2ccc(C(=O)O)c(Cl)c2)C1. The Morgan fingerprint density at radius 3 is 2.63 bits per heavy atom. The first kappa shape index (κ1) is 14.3. The van der Waals surface area contributed by atoms with E-state index in [1.165, 1.54) is 16.4 Å². The van der Waals surface area contributed by atoms with Gasteiger partial charge in [0.1, 0.15) is 0 Å². The van der Waals surface area contributed by atoms with E-state index in [9.17, 15) is 13.2 Å². The molecule has 1 aliphatic rings. The number of carboxylic acids is 1. The highest BCUT2D eigenvalue weighted by atomic mass is 35.5. The third kappa shape index (κ3) is 2.74. The first-order chi connectivity index (χ1) is 8.82. The van der Waals surface area contributed by atoms with Crippen molar-refractivity contribution in [2.45, 2.75) is 17.4 Å². The van der Waals surface area contributed by atoms with Crippen molar-refractivity contribution < 1.29 is 18.3 Å². The molecule has 0 aliphatic carbocycles. The molecule has 1 aromatic rings. The van der Waals surface area contributed by atoms with Crippen molar-refractivity contribution in [3.63, 3.8) is 0 Å². The van der Waals surface area contributed by atoms with E-state index in [2.05, 4.69) is 0 Å². The van der Waals surface area contributed by atoms with Crippen molar-refractivity contribution in [2.75, 3.05) is 13.1 Å². The summed E-state index contributed by atoms with van der Waals surface area (Å²) in [5.74, 6) is -1.20. The lowest BCUT2D eigenvalue weighted by molar-refractivity contribution is 0.0697. The lowest BCUT2D eigenvalue weighted by atomic mass is 10.2. The summed E-state index contributed by atoms with van der Waals surface area (Å²) in [5, 5.41) is 8.74. The second-order valence-electron chi connectivity index (χ2n) is 4.36. The van der Waals surface area contributed by atoms with Gasteiger partial charge in [-0.3, -0.25) is 0 Å². The molecule has 2 rings (SSSR count). The summed E-state index contributed by atoms with van der Waals surface area (Å²) >= 11 is 5.78. The maximum atomic E-state index is 12.3. The van der Waals surface area contributed by atoms with Crippen LogP contribution in [0, 0.1) is 0 Å². The first-order valence-electron chi connectivity index (χ1n) is 5.61. The van der Waals surface area contributed by atoms with Crippen molar-refractivity contribution >= 4 is 27.6 Å². The van der Waals surface area contributed by atoms with Gasteiger partial charge in [0.2, 0.25) is 10.0 Å². The van der Waals surface area contributed by atoms with Crippen LogP contribution in [0.15, 0.2) is 23.1 Å². The normalized spacial score (nSPS) is 20.6. The monoisotopic (exact) mass is 304 g/mol. The molecule has 6 nitrogen and oxygen atoms in total. The van der Waals surface area contributed by atoms with E-state index in [0.717, 1.165) is 6.07 Å². The average Bonchev–Trinajstić information content (AvgIpc) is 2.76. The van der Waals surface area contributed by atoms with Gasteiger partial charge in [-0.1, -0.05) is 11.6 Å². The van der Waals surface area contributed by atoms with Gasteiger partial charge in [-0.25, -0.2) is 13.2 Å². The fourth-order valence-corrected chi connectivity index (χ4v) is 3.82. The molecule has 0 spiro atoms. The van der Waals surface area contributed by atoms with Gasteiger partial charge < -0.3 is 10.8 Å². The van der Waals surface area contributed by atoms with E-state index in [1.54, 1.807) is 0 Å². The Bertz CT molecular complexity index is 617. The maximum absolute atomic E-state index is 12.3. The van der Waals surface area contributed by atoms with Gasteiger partial charge in [0.05, 0.1) is 15.5 Å². The van der Waals surface area contributed by atoms with Crippen LogP contribution < -0.4 is 5.73 Å². The van der Waals surface area contributed by atoms with Crippen LogP contribution in [0.4, 0.5) is 0 Å². The van der Waals surface area contributed by atoms with Crippen molar-refractivity contribution in [2.24, 2.45) is 5.73 Å². The molecule has 0 saturated carbocycles. The molecule has 104 valence electrons. The predicted molar refractivity (Wildman–Crippen MR) is 69.8 cm³/mol.